The lowest BCUT2D eigenvalue weighted by atomic mass is 10.3. The topological polar surface area (TPSA) is 64.9 Å². The first-order chi connectivity index (χ1) is 10.8. The van der Waals surface area contributed by atoms with Crippen molar-refractivity contribution >= 4 is 55.8 Å². The Morgan fingerprint density at radius 3 is 2.87 bits per heavy atom. The molecule has 0 aliphatic heterocycles. The number of hydrogen-bond acceptors (Lipinski definition) is 6. The van der Waals surface area contributed by atoms with E-state index in [1.807, 2.05) is 23.7 Å². The highest BCUT2D eigenvalue weighted by atomic mass is 35.5. The highest BCUT2D eigenvalue weighted by Gasteiger charge is 2.12. The lowest BCUT2D eigenvalue weighted by molar-refractivity contribution is 0.400. The zero-order valence-electron chi connectivity index (χ0n) is 12.5. The molecule has 0 atom stereocenters. The molecule has 1 N–H and O–H groups in total. The van der Waals surface area contributed by atoms with E-state index in [4.69, 9.17) is 4.74 Å². The second kappa shape index (κ2) is 6.02. The zero-order valence-corrected chi connectivity index (χ0v) is 14.1. The number of thiazole rings is 1. The van der Waals surface area contributed by atoms with Gasteiger partial charge in [-0.05, 0) is 24.3 Å². The first-order valence-electron chi connectivity index (χ1n) is 6.73. The second-order valence-corrected chi connectivity index (χ2v) is 5.87. The number of nitrogens with one attached hydrogen (secondary N) is 1. The van der Waals surface area contributed by atoms with E-state index < -0.39 is 0 Å². The van der Waals surface area contributed by atoms with Crippen LogP contribution < -0.4 is 10.1 Å². The number of hydrogen-bond donors (Lipinski definition) is 1. The van der Waals surface area contributed by atoms with Crippen molar-refractivity contribution in [3.8, 4) is 5.88 Å². The SMILES string of the molecule is COc1ncccc1Nc1nc2c(ccc3c2ncn3C)s1.Cl. The molecule has 0 spiro atoms. The normalized spacial score (nSPS) is 10.7. The molecule has 23 heavy (non-hydrogen) atoms. The molecule has 0 amide bonds. The Kier molecular flexibility index (Phi) is 4.06. The van der Waals surface area contributed by atoms with Crippen molar-refractivity contribution in [2.24, 2.45) is 7.05 Å². The fourth-order valence-corrected chi connectivity index (χ4v) is 3.29. The van der Waals surface area contributed by atoms with E-state index in [1.165, 1.54) is 0 Å². The third-order valence-corrected chi connectivity index (χ3v) is 4.40. The zero-order chi connectivity index (χ0) is 15.1. The monoisotopic (exact) mass is 347 g/mol. The van der Waals surface area contributed by atoms with E-state index in [0.29, 0.717) is 5.88 Å². The number of ether oxygens (including phenoxy) is 1. The summed E-state index contributed by atoms with van der Waals surface area (Å²) in [5.41, 5.74) is 3.69. The molecule has 3 aromatic heterocycles. The molecule has 0 aliphatic rings. The van der Waals surface area contributed by atoms with Crippen LogP contribution in [-0.4, -0.2) is 26.6 Å². The lowest BCUT2D eigenvalue weighted by Gasteiger charge is -2.06. The number of nitrogens with zero attached hydrogens (tertiary/aromatic N) is 4. The maximum atomic E-state index is 5.25. The molecule has 0 saturated heterocycles. The van der Waals surface area contributed by atoms with Crippen LogP contribution >= 0.6 is 23.7 Å². The van der Waals surface area contributed by atoms with Crippen LogP contribution in [-0.2, 0) is 7.05 Å². The first kappa shape index (κ1) is 15.5. The molecule has 4 aromatic rings. The smallest absolute Gasteiger partial charge is 0.237 e. The van der Waals surface area contributed by atoms with Crippen LogP contribution in [0.15, 0.2) is 36.8 Å². The van der Waals surface area contributed by atoms with Crippen LogP contribution in [0.25, 0.3) is 21.3 Å². The van der Waals surface area contributed by atoms with Crippen molar-refractivity contribution < 1.29 is 4.74 Å². The van der Waals surface area contributed by atoms with Gasteiger partial charge in [0.2, 0.25) is 5.88 Å². The Hall–Kier alpha value is -2.38. The van der Waals surface area contributed by atoms with E-state index in [1.54, 1.807) is 31.0 Å². The molecule has 0 aliphatic carbocycles. The minimum atomic E-state index is 0. The molecule has 3 heterocycles. The fraction of sp³-hybridized carbons (Fsp3) is 0.133. The molecule has 6 nitrogen and oxygen atoms in total. The minimum absolute atomic E-state index is 0. The quantitative estimate of drug-likeness (QED) is 0.611. The van der Waals surface area contributed by atoms with Crippen LogP contribution in [0.2, 0.25) is 0 Å². The molecule has 4 rings (SSSR count). The van der Waals surface area contributed by atoms with E-state index in [0.717, 1.165) is 32.1 Å². The van der Waals surface area contributed by atoms with Gasteiger partial charge in [0.15, 0.2) is 5.13 Å². The predicted octanol–water partition coefficient (Wildman–Crippen LogP) is 3.75. The van der Waals surface area contributed by atoms with E-state index in [9.17, 15) is 0 Å². The van der Waals surface area contributed by atoms with E-state index >= 15 is 0 Å². The largest absolute Gasteiger partial charge is 0.480 e. The van der Waals surface area contributed by atoms with Crippen molar-refractivity contribution in [3.63, 3.8) is 0 Å². The molecule has 0 saturated carbocycles. The van der Waals surface area contributed by atoms with Crippen LogP contribution in [0.5, 0.6) is 5.88 Å². The summed E-state index contributed by atoms with van der Waals surface area (Å²) in [6, 6.07) is 7.91. The summed E-state index contributed by atoms with van der Waals surface area (Å²) in [7, 11) is 3.58. The highest BCUT2D eigenvalue weighted by molar-refractivity contribution is 7.22. The van der Waals surface area contributed by atoms with Crippen LogP contribution in [0.1, 0.15) is 0 Å². The second-order valence-electron chi connectivity index (χ2n) is 4.84. The summed E-state index contributed by atoms with van der Waals surface area (Å²) < 4.78 is 8.34. The van der Waals surface area contributed by atoms with Gasteiger partial charge in [-0.25, -0.2) is 15.0 Å². The maximum absolute atomic E-state index is 5.25. The highest BCUT2D eigenvalue weighted by Crippen LogP contribution is 2.33. The average molecular weight is 348 g/mol. The van der Waals surface area contributed by atoms with Gasteiger partial charge in [0.25, 0.3) is 0 Å². The number of anilines is 2. The summed E-state index contributed by atoms with van der Waals surface area (Å²) in [5.74, 6) is 0.546. The van der Waals surface area contributed by atoms with Gasteiger partial charge in [-0.3, -0.25) is 0 Å². The van der Waals surface area contributed by atoms with E-state index in [2.05, 4.69) is 32.4 Å². The first-order valence-corrected chi connectivity index (χ1v) is 7.54. The van der Waals surface area contributed by atoms with Gasteiger partial charge in [-0.2, -0.15) is 0 Å². The summed E-state index contributed by atoms with van der Waals surface area (Å²) >= 11 is 1.58. The van der Waals surface area contributed by atoms with Gasteiger partial charge in [0.05, 0.1) is 23.7 Å². The summed E-state index contributed by atoms with van der Waals surface area (Å²) in [6.45, 7) is 0. The van der Waals surface area contributed by atoms with Crippen LogP contribution in [0.3, 0.4) is 0 Å². The number of aryl methyl sites for hydroxylation is 1. The van der Waals surface area contributed by atoms with Crippen LogP contribution in [0, 0.1) is 0 Å². The van der Waals surface area contributed by atoms with Gasteiger partial charge in [0.1, 0.15) is 16.7 Å². The Bertz CT molecular complexity index is 980. The molecule has 0 fully saturated rings. The number of methoxy groups -OCH3 is 1. The molecule has 0 bridgehead atoms. The van der Waals surface area contributed by atoms with Crippen molar-refractivity contribution in [2.45, 2.75) is 0 Å². The molecule has 8 heteroatoms. The third kappa shape index (κ3) is 2.58. The van der Waals surface area contributed by atoms with Crippen molar-refractivity contribution in [1.82, 2.24) is 19.5 Å². The average Bonchev–Trinajstić information content (AvgIpc) is 3.11. The minimum Gasteiger partial charge on any atom is -0.480 e. The number of pyridine rings is 1. The molecule has 1 aromatic carbocycles. The Labute approximate surface area is 142 Å². The maximum Gasteiger partial charge on any atom is 0.237 e. The molecular weight excluding hydrogens is 334 g/mol. The van der Waals surface area contributed by atoms with Gasteiger partial charge < -0.3 is 14.6 Å². The van der Waals surface area contributed by atoms with Crippen molar-refractivity contribution in [3.05, 3.63) is 36.8 Å². The number of aromatic nitrogens is 4. The van der Waals surface area contributed by atoms with Gasteiger partial charge in [0, 0.05) is 13.2 Å². The molecular formula is C15H14ClN5OS. The Morgan fingerprint density at radius 2 is 2.04 bits per heavy atom. The van der Waals surface area contributed by atoms with Gasteiger partial charge >= 0.3 is 0 Å². The predicted molar refractivity (Wildman–Crippen MR) is 95.2 cm³/mol. The summed E-state index contributed by atoms with van der Waals surface area (Å²) in [6.07, 6.45) is 3.50. The number of halogens is 1. The number of fused-ring (bicyclic) bond motifs is 3. The standard InChI is InChI=1S/C15H13N5OS.ClH/c1-20-8-17-12-10(20)5-6-11-13(12)19-15(22-11)18-9-4-3-7-16-14(9)21-2;/h3-8H,1-2H3,(H,18,19);1H. The van der Waals surface area contributed by atoms with Crippen molar-refractivity contribution in [1.29, 1.82) is 0 Å². The lowest BCUT2D eigenvalue weighted by Crippen LogP contribution is -1.95. The molecule has 0 unspecified atom stereocenters. The van der Waals surface area contributed by atoms with E-state index in [-0.39, 0.29) is 12.4 Å². The molecule has 118 valence electrons. The fourth-order valence-electron chi connectivity index (χ4n) is 2.41. The van der Waals surface area contributed by atoms with Crippen LogP contribution in [0.4, 0.5) is 10.8 Å². The third-order valence-electron chi connectivity index (χ3n) is 3.46. The molecule has 0 radical (unpaired) electrons. The summed E-state index contributed by atoms with van der Waals surface area (Å²) in [4.78, 5) is 13.3. The Morgan fingerprint density at radius 1 is 1.17 bits per heavy atom. The summed E-state index contributed by atoms with van der Waals surface area (Å²) in [5, 5.41) is 4.06. The number of rotatable bonds is 3. The van der Waals surface area contributed by atoms with Gasteiger partial charge in [-0.1, -0.05) is 11.3 Å². The van der Waals surface area contributed by atoms with Crippen molar-refractivity contribution in [2.75, 3.05) is 12.4 Å². The Balaban J connectivity index is 0.00000156. The van der Waals surface area contributed by atoms with Gasteiger partial charge in [-0.15, -0.1) is 12.4 Å². The number of benzene rings is 1. The number of imidazole rings is 1.